The van der Waals surface area contributed by atoms with Crippen molar-refractivity contribution >= 4 is 39.4 Å². The first kappa shape index (κ1) is 21.2. The summed E-state index contributed by atoms with van der Waals surface area (Å²) in [5.74, 6) is 1.51. The summed E-state index contributed by atoms with van der Waals surface area (Å²) < 4.78 is 27.1. The van der Waals surface area contributed by atoms with E-state index < -0.39 is 10.8 Å². The normalized spacial score (nSPS) is 16.1. The minimum atomic E-state index is -3.08. The van der Waals surface area contributed by atoms with Crippen molar-refractivity contribution in [3.8, 4) is 11.4 Å². The molecule has 0 amide bonds. The fourth-order valence-electron chi connectivity index (χ4n) is 3.93. The fraction of sp³-hybridized carbons (Fsp3) is 0.300. The molecule has 0 bridgehead atoms. The fourth-order valence-corrected chi connectivity index (χ4v) is 5.53. The summed E-state index contributed by atoms with van der Waals surface area (Å²) in [6.07, 6.45) is 5.23. The monoisotopic (exact) mass is 474 g/mol. The summed E-state index contributed by atoms with van der Waals surface area (Å²) in [7, 11) is 0.714. The first-order chi connectivity index (χ1) is 15.3. The number of hydrogen-bond acceptors (Lipinski definition) is 8. The molecule has 0 radical (unpaired) electrons. The van der Waals surface area contributed by atoms with Crippen LogP contribution in [0.2, 0.25) is 5.02 Å². The van der Waals surface area contributed by atoms with Crippen LogP contribution in [-0.4, -0.2) is 68.9 Å². The van der Waals surface area contributed by atoms with Crippen LogP contribution in [0.5, 0.6) is 0 Å². The summed E-state index contributed by atoms with van der Waals surface area (Å²) >= 11 is 5.94. The molecule has 12 heteroatoms. The van der Waals surface area contributed by atoms with Gasteiger partial charge in [0.25, 0.3) is 0 Å². The van der Waals surface area contributed by atoms with Crippen molar-refractivity contribution in [1.29, 1.82) is 0 Å². The standard InChI is InChI=1S/C20H23ClN8O2S/c1-26-12-14(11-24-26)18-25-17-19(27(18)2)22-13-23-20(17)28-7-9-29(10-8-28)32(30,31)16-5-3-15(21)4-6-16/h3-6,11-13,30-31H,7-10H2,1-2H3. The molecule has 3 aromatic heterocycles. The maximum atomic E-state index is 10.9. The molecule has 1 aliphatic heterocycles. The number of anilines is 1. The molecule has 0 atom stereocenters. The van der Waals surface area contributed by atoms with Gasteiger partial charge in [0, 0.05) is 51.5 Å². The second kappa shape index (κ2) is 8.01. The Kier molecular flexibility index (Phi) is 5.30. The predicted molar refractivity (Wildman–Crippen MR) is 125 cm³/mol. The zero-order valence-electron chi connectivity index (χ0n) is 17.6. The lowest BCUT2D eigenvalue weighted by Gasteiger charge is -2.47. The van der Waals surface area contributed by atoms with E-state index in [4.69, 9.17) is 16.6 Å². The molecule has 0 spiro atoms. The average Bonchev–Trinajstić information content (AvgIpc) is 3.37. The van der Waals surface area contributed by atoms with Gasteiger partial charge in [0.05, 0.1) is 16.7 Å². The number of fused-ring (bicyclic) bond motifs is 1. The Morgan fingerprint density at radius 3 is 2.38 bits per heavy atom. The molecule has 1 saturated heterocycles. The number of halogens is 1. The Labute approximate surface area is 191 Å². The topological polar surface area (TPSA) is 108 Å². The largest absolute Gasteiger partial charge is 0.352 e. The van der Waals surface area contributed by atoms with E-state index >= 15 is 0 Å². The molecule has 0 aliphatic carbocycles. The van der Waals surface area contributed by atoms with Gasteiger partial charge in [-0.1, -0.05) is 11.6 Å². The number of benzene rings is 1. The first-order valence-electron chi connectivity index (χ1n) is 10.0. The molecule has 2 N–H and O–H groups in total. The van der Waals surface area contributed by atoms with E-state index in [-0.39, 0.29) is 0 Å². The zero-order chi connectivity index (χ0) is 22.5. The summed E-state index contributed by atoms with van der Waals surface area (Å²) in [5.41, 5.74) is 2.36. The van der Waals surface area contributed by atoms with Crippen molar-refractivity contribution in [2.24, 2.45) is 14.1 Å². The lowest BCUT2D eigenvalue weighted by molar-refractivity contribution is 0.330. The molecule has 10 nitrogen and oxygen atoms in total. The third-order valence-electron chi connectivity index (χ3n) is 5.63. The van der Waals surface area contributed by atoms with Crippen LogP contribution in [0.25, 0.3) is 22.6 Å². The van der Waals surface area contributed by atoms with Crippen LogP contribution < -0.4 is 4.90 Å². The van der Waals surface area contributed by atoms with Crippen molar-refractivity contribution in [2.45, 2.75) is 4.90 Å². The Morgan fingerprint density at radius 2 is 1.72 bits per heavy atom. The third kappa shape index (κ3) is 3.61. The van der Waals surface area contributed by atoms with Gasteiger partial charge in [0.1, 0.15) is 12.2 Å². The van der Waals surface area contributed by atoms with Crippen molar-refractivity contribution in [1.82, 2.24) is 33.6 Å². The Bertz CT molecular complexity index is 1260. The van der Waals surface area contributed by atoms with Gasteiger partial charge in [-0.25, -0.2) is 15.0 Å². The molecule has 1 fully saturated rings. The van der Waals surface area contributed by atoms with Gasteiger partial charge in [-0.15, -0.1) is 10.8 Å². The van der Waals surface area contributed by atoms with Crippen LogP contribution >= 0.6 is 22.4 Å². The zero-order valence-corrected chi connectivity index (χ0v) is 19.2. The van der Waals surface area contributed by atoms with Gasteiger partial charge in [0.2, 0.25) is 0 Å². The van der Waals surface area contributed by atoms with E-state index in [1.54, 1.807) is 45.8 Å². The molecule has 168 valence electrons. The molecule has 4 aromatic rings. The van der Waals surface area contributed by atoms with Crippen molar-refractivity contribution in [3.05, 3.63) is 48.0 Å². The number of imidazole rings is 1. The van der Waals surface area contributed by atoms with Gasteiger partial charge in [-0.05, 0) is 24.3 Å². The third-order valence-corrected chi connectivity index (χ3v) is 7.87. The summed E-state index contributed by atoms with van der Waals surface area (Å²) in [6.45, 7) is 2.10. The maximum Gasteiger partial charge on any atom is 0.165 e. The number of nitrogens with zero attached hydrogens (tertiary/aromatic N) is 8. The predicted octanol–water partition coefficient (Wildman–Crippen LogP) is 3.26. The quantitative estimate of drug-likeness (QED) is 0.464. The van der Waals surface area contributed by atoms with Crippen LogP contribution in [0, 0.1) is 0 Å². The Balaban J connectivity index is 1.40. The molecule has 1 aliphatic rings. The van der Waals surface area contributed by atoms with Gasteiger partial charge in [-0.2, -0.15) is 9.40 Å². The highest BCUT2D eigenvalue weighted by atomic mass is 35.5. The highest BCUT2D eigenvalue weighted by Gasteiger charge is 2.30. The lowest BCUT2D eigenvalue weighted by Crippen LogP contribution is -2.47. The van der Waals surface area contributed by atoms with Crippen LogP contribution in [0.4, 0.5) is 5.82 Å². The van der Waals surface area contributed by atoms with Crippen molar-refractivity contribution in [3.63, 3.8) is 0 Å². The number of aromatic nitrogens is 6. The van der Waals surface area contributed by atoms with E-state index in [1.165, 1.54) is 0 Å². The molecule has 0 unspecified atom stereocenters. The molecule has 0 saturated carbocycles. The van der Waals surface area contributed by atoms with E-state index in [1.807, 2.05) is 24.9 Å². The Morgan fingerprint density at radius 1 is 1.00 bits per heavy atom. The SMILES string of the molecule is Cn1cc(-c2nc3c(N4CCN(S(O)(O)c5ccc(Cl)cc5)CC4)ncnc3n2C)cn1. The second-order valence-electron chi connectivity index (χ2n) is 7.66. The Hall–Kier alpha value is -2.70. The molecular formula is C20H23ClN8O2S. The van der Waals surface area contributed by atoms with Gasteiger partial charge >= 0.3 is 0 Å². The molecule has 5 rings (SSSR count). The van der Waals surface area contributed by atoms with Crippen LogP contribution in [0.1, 0.15) is 0 Å². The summed E-state index contributed by atoms with van der Waals surface area (Å²) in [4.78, 5) is 16.3. The summed E-state index contributed by atoms with van der Waals surface area (Å²) in [6, 6.07) is 6.65. The van der Waals surface area contributed by atoms with Gasteiger partial charge in [0.15, 0.2) is 17.0 Å². The van der Waals surface area contributed by atoms with Crippen LogP contribution in [0.3, 0.4) is 0 Å². The number of hydrogen-bond donors (Lipinski definition) is 2. The smallest absolute Gasteiger partial charge is 0.165 e. The van der Waals surface area contributed by atoms with E-state index in [9.17, 15) is 9.11 Å². The molecule has 32 heavy (non-hydrogen) atoms. The molecule has 1 aromatic carbocycles. The summed E-state index contributed by atoms with van der Waals surface area (Å²) in [5, 5.41) is 4.79. The van der Waals surface area contributed by atoms with Crippen LogP contribution in [0.15, 0.2) is 47.9 Å². The van der Waals surface area contributed by atoms with Gasteiger partial charge in [-0.3, -0.25) is 13.8 Å². The minimum absolute atomic E-state index is 0.464. The van der Waals surface area contributed by atoms with E-state index in [0.29, 0.717) is 41.6 Å². The minimum Gasteiger partial charge on any atom is -0.352 e. The number of piperazine rings is 1. The van der Waals surface area contributed by atoms with Crippen LogP contribution in [-0.2, 0) is 14.1 Å². The lowest BCUT2D eigenvalue weighted by atomic mass is 10.3. The first-order valence-corrected chi connectivity index (χ1v) is 11.9. The van der Waals surface area contributed by atoms with Gasteiger partial charge < -0.3 is 9.47 Å². The number of rotatable bonds is 4. The highest BCUT2D eigenvalue weighted by molar-refractivity contribution is 8.22. The van der Waals surface area contributed by atoms with E-state index in [0.717, 1.165) is 22.9 Å². The molecular weight excluding hydrogens is 452 g/mol. The second-order valence-corrected chi connectivity index (χ2v) is 10.1. The number of aryl methyl sites for hydroxylation is 2. The van der Waals surface area contributed by atoms with Crippen molar-refractivity contribution in [2.75, 3.05) is 31.1 Å². The average molecular weight is 475 g/mol. The molecule has 4 heterocycles. The highest BCUT2D eigenvalue weighted by Crippen LogP contribution is 2.52. The van der Waals surface area contributed by atoms with E-state index in [2.05, 4.69) is 20.0 Å². The maximum absolute atomic E-state index is 10.9. The van der Waals surface area contributed by atoms with Crippen molar-refractivity contribution < 1.29 is 9.11 Å².